The Morgan fingerprint density at radius 2 is 2.00 bits per heavy atom. The van der Waals surface area contributed by atoms with E-state index in [0.29, 0.717) is 0 Å². The molecule has 0 aromatic heterocycles. The van der Waals surface area contributed by atoms with Crippen LogP contribution in [0.4, 0.5) is 8.78 Å². The van der Waals surface area contributed by atoms with Gasteiger partial charge in [0, 0.05) is 4.83 Å². The third-order valence-electron chi connectivity index (χ3n) is 1.64. The molecule has 0 aliphatic carbocycles. The van der Waals surface area contributed by atoms with E-state index < -0.39 is 6.08 Å². The maximum absolute atomic E-state index is 11.7. The van der Waals surface area contributed by atoms with Gasteiger partial charge >= 0.3 is 0 Å². The van der Waals surface area contributed by atoms with Crippen molar-refractivity contribution in [2.24, 2.45) is 0 Å². The molecule has 0 radical (unpaired) electrons. The van der Waals surface area contributed by atoms with Gasteiger partial charge in [-0.1, -0.05) is 48.5 Å². The van der Waals surface area contributed by atoms with Crippen LogP contribution in [0, 0.1) is 0 Å². The normalized spacial score (nSPS) is 12.7. The lowest BCUT2D eigenvalue weighted by molar-refractivity contribution is 0.417. The minimum Gasteiger partial charge on any atom is -0.174 e. The van der Waals surface area contributed by atoms with E-state index in [2.05, 4.69) is 22.9 Å². The summed E-state index contributed by atoms with van der Waals surface area (Å²) >= 11 is 3.17. The lowest BCUT2D eigenvalue weighted by Gasteiger charge is -2.02. The molecule has 72 valence electrons. The molecule has 0 aromatic carbocycles. The predicted molar refractivity (Wildman–Crippen MR) is 51.8 cm³/mol. The van der Waals surface area contributed by atoms with Gasteiger partial charge < -0.3 is 0 Å². The van der Waals surface area contributed by atoms with Crippen molar-refractivity contribution in [2.75, 3.05) is 0 Å². The maximum Gasteiger partial charge on any atom is 0.267 e. The molecule has 0 saturated heterocycles. The summed E-state index contributed by atoms with van der Waals surface area (Å²) in [5.74, 6) is 0. The molecule has 0 heterocycles. The van der Waals surface area contributed by atoms with E-state index in [4.69, 9.17) is 0 Å². The summed E-state index contributed by atoms with van der Waals surface area (Å²) in [5, 5.41) is 0. The van der Waals surface area contributed by atoms with Crippen molar-refractivity contribution in [1.82, 2.24) is 0 Å². The first-order valence-corrected chi connectivity index (χ1v) is 5.25. The standard InChI is InChI=1S/C9H15BrF2/c1-2-3-4-5-6-8(10)7-9(11)12/h7-8H,2-6H2,1H3. The van der Waals surface area contributed by atoms with Crippen molar-refractivity contribution in [3.63, 3.8) is 0 Å². The molecule has 0 fully saturated rings. The highest BCUT2D eigenvalue weighted by molar-refractivity contribution is 9.09. The van der Waals surface area contributed by atoms with E-state index in [1.165, 1.54) is 12.8 Å². The molecule has 0 saturated carbocycles. The monoisotopic (exact) mass is 240 g/mol. The van der Waals surface area contributed by atoms with Gasteiger partial charge in [-0.15, -0.1) is 0 Å². The number of rotatable bonds is 6. The first-order valence-electron chi connectivity index (χ1n) is 4.33. The average Bonchev–Trinajstić information content (AvgIpc) is 1.97. The molecule has 0 aromatic rings. The van der Waals surface area contributed by atoms with E-state index in [9.17, 15) is 8.78 Å². The number of alkyl halides is 1. The highest BCUT2D eigenvalue weighted by atomic mass is 79.9. The fourth-order valence-corrected chi connectivity index (χ4v) is 1.51. The number of hydrogen-bond acceptors (Lipinski definition) is 0. The van der Waals surface area contributed by atoms with Crippen molar-refractivity contribution in [1.29, 1.82) is 0 Å². The smallest absolute Gasteiger partial charge is 0.174 e. The summed E-state index contributed by atoms with van der Waals surface area (Å²) in [4.78, 5) is -0.153. The van der Waals surface area contributed by atoms with Gasteiger partial charge in [-0.25, -0.2) is 0 Å². The maximum atomic E-state index is 11.7. The van der Waals surface area contributed by atoms with Crippen LogP contribution in [0.15, 0.2) is 12.2 Å². The van der Waals surface area contributed by atoms with Crippen LogP contribution in [0.2, 0.25) is 0 Å². The summed E-state index contributed by atoms with van der Waals surface area (Å²) in [6.45, 7) is 2.13. The molecular weight excluding hydrogens is 226 g/mol. The summed E-state index contributed by atoms with van der Waals surface area (Å²) in [7, 11) is 0. The molecule has 0 bridgehead atoms. The Morgan fingerprint density at radius 3 is 2.50 bits per heavy atom. The van der Waals surface area contributed by atoms with Gasteiger partial charge in [0.25, 0.3) is 6.08 Å². The molecule has 0 amide bonds. The van der Waals surface area contributed by atoms with Crippen LogP contribution >= 0.6 is 15.9 Å². The third-order valence-corrected chi connectivity index (χ3v) is 2.36. The Balaban J connectivity index is 3.32. The summed E-state index contributed by atoms with van der Waals surface area (Å²) in [5.41, 5.74) is 0. The second-order valence-electron chi connectivity index (χ2n) is 2.82. The van der Waals surface area contributed by atoms with Crippen molar-refractivity contribution < 1.29 is 8.78 Å². The van der Waals surface area contributed by atoms with Gasteiger partial charge in [0.2, 0.25) is 0 Å². The molecule has 0 nitrogen and oxygen atoms in total. The molecule has 0 spiro atoms. The predicted octanol–water partition coefficient (Wildman–Crippen LogP) is 4.50. The average molecular weight is 241 g/mol. The van der Waals surface area contributed by atoms with Gasteiger partial charge in [0.1, 0.15) is 0 Å². The van der Waals surface area contributed by atoms with Crippen LogP contribution in [0.5, 0.6) is 0 Å². The van der Waals surface area contributed by atoms with E-state index in [1.54, 1.807) is 0 Å². The van der Waals surface area contributed by atoms with E-state index in [1.807, 2.05) is 0 Å². The highest BCUT2D eigenvalue weighted by Gasteiger charge is 2.01. The summed E-state index contributed by atoms with van der Waals surface area (Å²) in [6.07, 6.45) is 4.71. The first kappa shape index (κ1) is 12.1. The SMILES string of the molecule is CCCCCCC(Br)C=C(F)F. The molecule has 0 N–H and O–H groups in total. The molecule has 0 aliphatic rings. The minimum absolute atomic E-state index is 0.153. The molecule has 0 aliphatic heterocycles. The quantitative estimate of drug-likeness (QED) is 0.474. The van der Waals surface area contributed by atoms with Crippen molar-refractivity contribution >= 4 is 15.9 Å². The Hall–Kier alpha value is 0.0800. The van der Waals surface area contributed by atoms with E-state index in [0.717, 1.165) is 25.3 Å². The number of allylic oxidation sites excluding steroid dienone is 1. The topological polar surface area (TPSA) is 0 Å². The number of hydrogen-bond donors (Lipinski definition) is 0. The molecule has 12 heavy (non-hydrogen) atoms. The Bertz CT molecular complexity index is 130. The Labute approximate surface area is 81.2 Å². The second-order valence-corrected chi connectivity index (χ2v) is 4.00. The van der Waals surface area contributed by atoms with E-state index >= 15 is 0 Å². The fourth-order valence-electron chi connectivity index (χ4n) is 0.986. The number of unbranched alkanes of at least 4 members (excludes halogenated alkanes) is 3. The van der Waals surface area contributed by atoms with Crippen molar-refractivity contribution in [2.45, 2.75) is 43.9 Å². The molecule has 3 heteroatoms. The van der Waals surface area contributed by atoms with Gasteiger partial charge in [-0.3, -0.25) is 0 Å². The molecule has 1 atom stereocenters. The lowest BCUT2D eigenvalue weighted by Crippen LogP contribution is -1.92. The zero-order valence-corrected chi connectivity index (χ0v) is 8.91. The number of halogens is 3. The highest BCUT2D eigenvalue weighted by Crippen LogP contribution is 2.15. The Kier molecular flexibility index (Phi) is 7.77. The lowest BCUT2D eigenvalue weighted by atomic mass is 10.1. The summed E-state index contributed by atoms with van der Waals surface area (Å²) < 4.78 is 23.4. The van der Waals surface area contributed by atoms with Crippen LogP contribution < -0.4 is 0 Å². The first-order chi connectivity index (χ1) is 5.66. The van der Waals surface area contributed by atoms with Gasteiger partial charge in [-0.2, -0.15) is 8.78 Å². The van der Waals surface area contributed by atoms with Crippen molar-refractivity contribution in [3.8, 4) is 0 Å². The minimum atomic E-state index is -1.59. The zero-order chi connectivity index (χ0) is 9.40. The largest absolute Gasteiger partial charge is 0.267 e. The third kappa shape index (κ3) is 8.18. The zero-order valence-electron chi connectivity index (χ0n) is 7.32. The van der Waals surface area contributed by atoms with Crippen LogP contribution in [-0.2, 0) is 0 Å². The second kappa shape index (κ2) is 7.71. The van der Waals surface area contributed by atoms with Crippen LogP contribution in [0.1, 0.15) is 39.0 Å². The van der Waals surface area contributed by atoms with Crippen LogP contribution in [-0.4, -0.2) is 4.83 Å². The molecular formula is C9H15BrF2. The van der Waals surface area contributed by atoms with Crippen LogP contribution in [0.25, 0.3) is 0 Å². The van der Waals surface area contributed by atoms with Gasteiger partial charge in [-0.05, 0) is 12.5 Å². The molecule has 0 rings (SSSR count). The van der Waals surface area contributed by atoms with Gasteiger partial charge in [0.15, 0.2) is 0 Å². The summed E-state index contributed by atoms with van der Waals surface area (Å²) in [6, 6.07) is 0. The molecule has 1 unspecified atom stereocenters. The van der Waals surface area contributed by atoms with E-state index in [-0.39, 0.29) is 4.83 Å². The fraction of sp³-hybridized carbons (Fsp3) is 0.778. The Morgan fingerprint density at radius 1 is 1.33 bits per heavy atom. The van der Waals surface area contributed by atoms with Crippen molar-refractivity contribution in [3.05, 3.63) is 12.2 Å². The van der Waals surface area contributed by atoms with Gasteiger partial charge in [0.05, 0.1) is 0 Å². The van der Waals surface area contributed by atoms with Crippen LogP contribution in [0.3, 0.4) is 0 Å².